The van der Waals surface area contributed by atoms with Crippen LogP contribution in [0.5, 0.6) is 0 Å². The minimum absolute atomic E-state index is 0.0284. The van der Waals surface area contributed by atoms with Crippen molar-refractivity contribution in [2.75, 3.05) is 29.5 Å². The number of anilines is 1. The fourth-order valence-electron chi connectivity index (χ4n) is 3.56. The van der Waals surface area contributed by atoms with E-state index in [0.717, 1.165) is 11.1 Å². The largest absolute Gasteiger partial charge is 0.423 e. The van der Waals surface area contributed by atoms with Gasteiger partial charge in [0.05, 0.1) is 11.5 Å². The van der Waals surface area contributed by atoms with E-state index in [1.165, 1.54) is 0 Å². The normalized spacial score (nSPS) is 23.8. The second-order valence-electron chi connectivity index (χ2n) is 6.83. The number of oxazole rings is 1. The molecule has 2 aromatic rings. The van der Waals surface area contributed by atoms with Gasteiger partial charge in [-0.1, -0.05) is 12.1 Å². The van der Waals surface area contributed by atoms with E-state index in [4.69, 9.17) is 4.42 Å². The lowest BCUT2D eigenvalue weighted by Crippen LogP contribution is -2.44. The van der Waals surface area contributed by atoms with Crippen LogP contribution in [0.1, 0.15) is 19.3 Å². The Hall–Kier alpha value is -2.09. The summed E-state index contributed by atoms with van der Waals surface area (Å²) in [5.41, 5.74) is 1.60. The molecule has 2 aliphatic rings. The van der Waals surface area contributed by atoms with E-state index >= 15 is 0 Å². The Morgan fingerprint density at radius 3 is 2.64 bits per heavy atom. The standard InChI is InChI=1S/C17H21N3O4S/c21-16(18-13-7-10-25(22,23)11-13)12-5-8-20(9-6-12)17-19-14-3-1-2-4-15(14)24-17/h1-4,12-13H,5-11H2,(H,18,21). The summed E-state index contributed by atoms with van der Waals surface area (Å²) in [7, 11) is -2.97. The number of carbonyl (C=O) groups excluding carboxylic acids is 1. The zero-order chi connectivity index (χ0) is 17.4. The minimum atomic E-state index is -2.97. The molecule has 1 aromatic heterocycles. The first-order valence-corrected chi connectivity index (χ1v) is 10.4. The average molecular weight is 363 g/mol. The Morgan fingerprint density at radius 2 is 1.96 bits per heavy atom. The van der Waals surface area contributed by atoms with Gasteiger partial charge in [-0.15, -0.1) is 0 Å². The van der Waals surface area contributed by atoms with Crippen LogP contribution in [-0.2, 0) is 14.6 Å². The maximum atomic E-state index is 12.4. The van der Waals surface area contributed by atoms with Crippen molar-refractivity contribution in [2.45, 2.75) is 25.3 Å². The summed E-state index contributed by atoms with van der Waals surface area (Å²) in [6.07, 6.45) is 1.95. The highest BCUT2D eigenvalue weighted by Crippen LogP contribution is 2.26. The maximum absolute atomic E-state index is 12.4. The van der Waals surface area contributed by atoms with Gasteiger partial charge in [0.1, 0.15) is 5.52 Å². The van der Waals surface area contributed by atoms with Gasteiger partial charge in [-0.3, -0.25) is 4.79 Å². The van der Waals surface area contributed by atoms with Gasteiger partial charge in [0, 0.05) is 25.0 Å². The molecular weight excluding hydrogens is 342 g/mol. The monoisotopic (exact) mass is 363 g/mol. The van der Waals surface area contributed by atoms with Crippen molar-refractivity contribution in [1.82, 2.24) is 10.3 Å². The minimum Gasteiger partial charge on any atom is -0.423 e. The molecule has 1 atom stereocenters. The lowest BCUT2D eigenvalue weighted by molar-refractivity contribution is -0.126. The molecule has 134 valence electrons. The second kappa shape index (κ2) is 6.33. The SMILES string of the molecule is O=C(NC1CCS(=O)(=O)C1)C1CCN(c2nc3ccccc3o2)CC1. The molecule has 7 nitrogen and oxygen atoms in total. The quantitative estimate of drug-likeness (QED) is 0.885. The van der Waals surface area contributed by atoms with E-state index in [0.29, 0.717) is 38.4 Å². The molecule has 1 aromatic carbocycles. The van der Waals surface area contributed by atoms with Gasteiger partial charge < -0.3 is 14.6 Å². The molecule has 3 heterocycles. The van der Waals surface area contributed by atoms with Crippen LogP contribution in [0.2, 0.25) is 0 Å². The number of aromatic nitrogens is 1. The van der Waals surface area contributed by atoms with Crippen molar-refractivity contribution in [3.63, 3.8) is 0 Å². The molecule has 0 saturated carbocycles. The highest BCUT2D eigenvalue weighted by Gasteiger charge is 2.32. The molecule has 1 amide bonds. The van der Waals surface area contributed by atoms with E-state index in [1.54, 1.807) is 0 Å². The molecule has 0 spiro atoms. The van der Waals surface area contributed by atoms with Crippen molar-refractivity contribution in [3.05, 3.63) is 24.3 Å². The molecule has 1 unspecified atom stereocenters. The summed E-state index contributed by atoms with van der Waals surface area (Å²) < 4.78 is 28.8. The smallest absolute Gasteiger partial charge is 0.298 e. The summed E-state index contributed by atoms with van der Waals surface area (Å²) in [5.74, 6) is 0.137. The molecule has 8 heteroatoms. The number of piperidine rings is 1. The fraction of sp³-hybridized carbons (Fsp3) is 0.529. The zero-order valence-corrected chi connectivity index (χ0v) is 14.7. The van der Waals surface area contributed by atoms with Crippen LogP contribution in [0, 0.1) is 5.92 Å². The molecule has 0 bridgehead atoms. The molecule has 2 saturated heterocycles. The molecule has 25 heavy (non-hydrogen) atoms. The van der Waals surface area contributed by atoms with E-state index in [1.807, 2.05) is 24.3 Å². The number of fused-ring (bicyclic) bond motifs is 1. The Balaban J connectivity index is 1.34. The third kappa shape index (κ3) is 3.49. The van der Waals surface area contributed by atoms with Gasteiger partial charge in [-0.05, 0) is 31.4 Å². The zero-order valence-electron chi connectivity index (χ0n) is 13.8. The van der Waals surface area contributed by atoms with Crippen LogP contribution >= 0.6 is 0 Å². The van der Waals surface area contributed by atoms with Crippen LogP contribution in [0.15, 0.2) is 28.7 Å². The summed E-state index contributed by atoms with van der Waals surface area (Å²) >= 11 is 0. The highest BCUT2D eigenvalue weighted by molar-refractivity contribution is 7.91. The average Bonchev–Trinajstić information content (AvgIpc) is 3.18. The first-order valence-electron chi connectivity index (χ1n) is 8.61. The second-order valence-corrected chi connectivity index (χ2v) is 9.06. The first kappa shape index (κ1) is 16.4. The Morgan fingerprint density at radius 1 is 1.20 bits per heavy atom. The molecule has 2 fully saturated rings. The van der Waals surface area contributed by atoms with Gasteiger partial charge in [-0.25, -0.2) is 8.42 Å². The van der Waals surface area contributed by atoms with Crippen molar-refractivity contribution in [2.24, 2.45) is 5.92 Å². The van der Waals surface area contributed by atoms with Gasteiger partial charge in [0.15, 0.2) is 15.4 Å². The molecular formula is C17H21N3O4S. The van der Waals surface area contributed by atoms with Crippen LogP contribution in [0.25, 0.3) is 11.1 Å². The summed E-state index contributed by atoms with van der Waals surface area (Å²) in [5, 5.41) is 2.90. The molecule has 0 radical (unpaired) electrons. The topological polar surface area (TPSA) is 92.5 Å². The van der Waals surface area contributed by atoms with E-state index < -0.39 is 9.84 Å². The van der Waals surface area contributed by atoms with Crippen LogP contribution in [0.3, 0.4) is 0 Å². The highest BCUT2D eigenvalue weighted by atomic mass is 32.2. The van der Waals surface area contributed by atoms with E-state index in [2.05, 4.69) is 15.2 Å². The lowest BCUT2D eigenvalue weighted by Gasteiger charge is -2.30. The number of hydrogen-bond acceptors (Lipinski definition) is 6. The maximum Gasteiger partial charge on any atom is 0.298 e. The summed E-state index contributed by atoms with van der Waals surface area (Å²) in [4.78, 5) is 18.9. The first-order chi connectivity index (χ1) is 12.0. The number of hydrogen-bond donors (Lipinski definition) is 1. The summed E-state index contributed by atoms with van der Waals surface area (Å²) in [6, 6.07) is 8.01. The van der Waals surface area contributed by atoms with Crippen molar-refractivity contribution >= 4 is 32.9 Å². The number of carbonyl (C=O) groups is 1. The third-order valence-electron chi connectivity index (χ3n) is 5.00. The van der Waals surface area contributed by atoms with Crippen LogP contribution < -0.4 is 10.2 Å². The predicted octanol–water partition coefficient (Wildman–Crippen LogP) is 1.35. The molecule has 0 aliphatic carbocycles. The Kier molecular flexibility index (Phi) is 4.15. The molecule has 4 rings (SSSR count). The fourth-order valence-corrected chi connectivity index (χ4v) is 5.23. The van der Waals surface area contributed by atoms with Crippen LogP contribution in [-0.4, -0.2) is 49.9 Å². The predicted molar refractivity (Wildman–Crippen MR) is 94.1 cm³/mol. The third-order valence-corrected chi connectivity index (χ3v) is 6.77. The number of nitrogens with one attached hydrogen (secondary N) is 1. The van der Waals surface area contributed by atoms with E-state index in [9.17, 15) is 13.2 Å². The van der Waals surface area contributed by atoms with Gasteiger partial charge in [0.2, 0.25) is 5.91 Å². The number of nitrogens with zero attached hydrogens (tertiary/aromatic N) is 2. The van der Waals surface area contributed by atoms with Gasteiger partial charge in [0.25, 0.3) is 6.01 Å². The van der Waals surface area contributed by atoms with Gasteiger partial charge >= 0.3 is 0 Å². The van der Waals surface area contributed by atoms with Gasteiger partial charge in [-0.2, -0.15) is 4.98 Å². The number of amides is 1. The Labute approximate surface area is 146 Å². The van der Waals surface area contributed by atoms with Crippen molar-refractivity contribution < 1.29 is 17.6 Å². The summed E-state index contributed by atoms with van der Waals surface area (Å²) in [6.45, 7) is 1.40. The van der Waals surface area contributed by atoms with Crippen molar-refractivity contribution in [1.29, 1.82) is 0 Å². The number of rotatable bonds is 3. The Bertz CT molecular complexity index is 851. The lowest BCUT2D eigenvalue weighted by atomic mass is 9.96. The molecule has 2 aliphatic heterocycles. The number of benzene rings is 1. The van der Waals surface area contributed by atoms with Crippen molar-refractivity contribution in [3.8, 4) is 0 Å². The van der Waals surface area contributed by atoms with E-state index in [-0.39, 0.29) is 29.4 Å². The molecule has 1 N–H and O–H groups in total. The van der Waals surface area contributed by atoms with Crippen LogP contribution in [0.4, 0.5) is 6.01 Å². The number of sulfone groups is 1. The number of para-hydroxylation sites is 2.